The van der Waals surface area contributed by atoms with E-state index in [1.807, 2.05) is 0 Å². The summed E-state index contributed by atoms with van der Waals surface area (Å²) in [6.07, 6.45) is -2.67. The van der Waals surface area contributed by atoms with Crippen molar-refractivity contribution in [1.29, 1.82) is 0 Å². The fourth-order valence-corrected chi connectivity index (χ4v) is 1.50. The summed E-state index contributed by atoms with van der Waals surface area (Å²) in [5.41, 5.74) is -0.448. The monoisotopic (exact) mass is 295 g/mol. The Labute approximate surface area is 113 Å². The highest BCUT2D eigenvalue weighted by Crippen LogP contribution is 2.28. The Hall–Kier alpha value is -1.70. The van der Waals surface area contributed by atoms with Gasteiger partial charge in [-0.1, -0.05) is 0 Å². The zero-order valence-electron chi connectivity index (χ0n) is 10.3. The first-order valence-corrected chi connectivity index (χ1v) is 5.20. The van der Waals surface area contributed by atoms with Crippen molar-refractivity contribution < 1.29 is 13.2 Å². The van der Waals surface area contributed by atoms with E-state index in [2.05, 4.69) is 15.5 Å². The first-order valence-electron chi connectivity index (χ1n) is 5.20. The molecule has 0 radical (unpaired) electrons. The number of hydrogen-bond acceptors (Lipinski definition) is 3. The Morgan fingerprint density at radius 3 is 2.42 bits per heavy atom. The molecule has 0 amide bonds. The molecule has 19 heavy (non-hydrogen) atoms. The van der Waals surface area contributed by atoms with Gasteiger partial charge < -0.3 is 5.32 Å². The molecule has 2 aromatic rings. The third-order valence-electron chi connectivity index (χ3n) is 2.43. The molecule has 0 bridgehead atoms. The Morgan fingerprint density at radius 2 is 1.95 bits per heavy atom. The van der Waals surface area contributed by atoms with Gasteiger partial charge in [-0.2, -0.15) is 23.4 Å². The van der Waals surface area contributed by atoms with Gasteiger partial charge in [-0.15, -0.1) is 12.4 Å². The smallest absolute Gasteiger partial charge is 0.363 e. The Morgan fingerprint density at radius 1 is 1.26 bits per heavy atom. The lowest BCUT2D eigenvalue weighted by Crippen LogP contribution is -2.07. The Kier molecular flexibility index (Phi) is 4.46. The zero-order chi connectivity index (χ0) is 13.3. The highest BCUT2D eigenvalue weighted by atomic mass is 35.5. The normalized spacial score (nSPS) is 11.2. The van der Waals surface area contributed by atoms with Crippen LogP contribution in [0.4, 0.5) is 19.0 Å². The minimum atomic E-state index is -4.42. The number of nitrogens with zero attached hydrogens (tertiary/aromatic N) is 4. The predicted octanol–water partition coefficient (Wildman–Crippen LogP) is 2.21. The predicted molar refractivity (Wildman–Crippen MR) is 66.0 cm³/mol. The molecule has 0 spiro atoms. The fraction of sp³-hybridized carbons (Fsp3) is 0.400. The van der Waals surface area contributed by atoms with E-state index in [-0.39, 0.29) is 19.0 Å². The molecule has 2 aromatic heterocycles. The second-order valence-electron chi connectivity index (χ2n) is 3.87. The van der Waals surface area contributed by atoms with Crippen molar-refractivity contribution in [3.63, 3.8) is 0 Å². The van der Waals surface area contributed by atoms with E-state index < -0.39 is 11.9 Å². The van der Waals surface area contributed by atoms with Crippen LogP contribution in [0.1, 0.15) is 11.4 Å². The van der Waals surface area contributed by atoms with Gasteiger partial charge >= 0.3 is 6.18 Å². The molecule has 2 heterocycles. The van der Waals surface area contributed by atoms with Crippen molar-refractivity contribution in [2.45, 2.75) is 12.7 Å². The molecule has 2 rings (SSSR count). The largest absolute Gasteiger partial charge is 0.435 e. The summed E-state index contributed by atoms with van der Waals surface area (Å²) in [7, 11) is 3.24. The van der Waals surface area contributed by atoms with Crippen LogP contribution in [-0.2, 0) is 26.8 Å². The first-order chi connectivity index (χ1) is 8.36. The second-order valence-corrected chi connectivity index (χ2v) is 3.87. The van der Waals surface area contributed by atoms with Crippen LogP contribution in [0, 0.1) is 0 Å². The van der Waals surface area contributed by atoms with Crippen molar-refractivity contribution in [2.75, 3.05) is 5.32 Å². The minimum Gasteiger partial charge on any atom is -0.363 e. The molecule has 0 fully saturated rings. The average molecular weight is 296 g/mol. The van der Waals surface area contributed by atoms with Gasteiger partial charge in [0.25, 0.3) is 0 Å². The number of hydrogen-bond donors (Lipinski definition) is 1. The highest BCUT2D eigenvalue weighted by molar-refractivity contribution is 5.85. The Bertz CT molecular complexity index is 546. The number of aryl methyl sites for hydroxylation is 2. The maximum atomic E-state index is 12.4. The van der Waals surface area contributed by atoms with Gasteiger partial charge in [0.2, 0.25) is 0 Å². The van der Waals surface area contributed by atoms with Crippen LogP contribution in [-0.4, -0.2) is 19.6 Å². The maximum absolute atomic E-state index is 12.4. The minimum absolute atomic E-state index is 0. The lowest BCUT2D eigenvalue weighted by atomic mass is 10.3. The molecule has 0 atom stereocenters. The van der Waals surface area contributed by atoms with Crippen molar-refractivity contribution in [3.05, 3.63) is 29.7 Å². The van der Waals surface area contributed by atoms with E-state index >= 15 is 0 Å². The molecule has 0 aromatic carbocycles. The molecular formula is C10H13ClF3N5. The molecule has 1 N–H and O–H groups in total. The van der Waals surface area contributed by atoms with Crippen LogP contribution in [0.25, 0.3) is 0 Å². The molecule has 5 nitrogen and oxygen atoms in total. The lowest BCUT2D eigenvalue weighted by molar-refractivity contribution is -0.141. The van der Waals surface area contributed by atoms with E-state index in [1.54, 1.807) is 24.0 Å². The maximum Gasteiger partial charge on any atom is 0.435 e. The van der Waals surface area contributed by atoms with Gasteiger partial charge in [-0.3, -0.25) is 9.36 Å². The molecular weight excluding hydrogens is 283 g/mol. The molecule has 0 unspecified atom stereocenters. The molecule has 0 saturated carbocycles. The lowest BCUT2D eigenvalue weighted by Gasteiger charge is -2.02. The van der Waals surface area contributed by atoms with E-state index in [4.69, 9.17) is 0 Å². The molecule has 106 valence electrons. The van der Waals surface area contributed by atoms with Crippen LogP contribution in [0.5, 0.6) is 0 Å². The standard InChI is InChI=1S/C10H12F3N5.ClH/c1-17-4-3-9(16-17)14-6-7-5-8(10(11,12)13)15-18(7)2;/h3-5H,6H2,1-2H3,(H,14,16);1H. The number of nitrogens with one attached hydrogen (secondary N) is 1. The number of aromatic nitrogens is 4. The van der Waals surface area contributed by atoms with Crippen molar-refractivity contribution in [3.8, 4) is 0 Å². The molecule has 0 aliphatic rings. The van der Waals surface area contributed by atoms with Gasteiger partial charge in [-0.05, 0) is 6.07 Å². The quantitative estimate of drug-likeness (QED) is 0.944. The summed E-state index contributed by atoms with van der Waals surface area (Å²) in [6, 6.07) is 2.76. The second kappa shape index (κ2) is 5.52. The van der Waals surface area contributed by atoms with Crippen LogP contribution in [0.3, 0.4) is 0 Å². The number of rotatable bonds is 3. The van der Waals surface area contributed by atoms with E-state index in [1.165, 1.54) is 11.7 Å². The summed E-state index contributed by atoms with van der Waals surface area (Å²) in [5, 5.41) is 10.4. The number of halogens is 4. The number of alkyl halides is 3. The van der Waals surface area contributed by atoms with E-state index in [0.717, 1.165) is 6.07 Å². The van der Waals surface area contributed by atoms with Crippen molar-refractivity contribution in [2.24, 2.45) is 14.1 Å². The third kappa shape index (κ3) is 3.63. The molecule has 0 aliphatic carbocycles. The SMILES string of the molecule is Cl.Cn1ccc(NCc2cc(C(F)(F)F)nn2C)n1. The van der Waals surface area contributed by atoms with Gasteiger partial charge in [0.05, 0.1) is 12.2 Å². The van der Waals surface area contributed by atoms with Gasteiger partial charge in [0.15, 0.2) is 5.69 Å². The van der Waals surface area contributed by atoms with Crippen LogP contribution >= 0.6 is 12.4 Å². The zero-order valence-corrected chi connectivity index (χ0v) is 11.1. The van der Waals surface area contributed by atoms with Gasteiger partial charge in [0.1, 0.15) is 5.82 Å². The van der Waals surface area contributed by atoms with Crippen molar-refractivity contribution in [1.82, 2.24) is 19.6 Å². The Balaban J connectivity index is 0.00000180. The highest BCUT2D eigenvalue weighted by Gasteiger charge is 2.34. The van der Waals surface area contributed by atoms with Gasteiger partial charge in [-0.25, -0.2) is 0 Å². The molecule has 0 aliphatic heterocycles. The van der Waals surface area contributed by atoms with Crippen LogP contribution in [0.15, 0.2) is 18.3 Å². The number of anilines is 1. The molecule has 0 saturated heterocycles. The summed E-state index contributed by atoms with van der Waals surface area (Å²) in [6.45, 7) is 0.233. The average Bonchev–Trinajstić information content (AvgIpc) is 2.81. The summed E-state index contributed by atoms with van der Waals surface area (Å²) in [4.78, 5) is 0. The van der Waals surface area contributed by atoms with Crippen molar-refractivity contribution >= 4 is 18.2 Å². The molecule has 9 heteroatoms. The summed E-state index contributed by atoms with van der Waals surface area (Å²) >= 11 is 0. The summed E-state index contributed by atoms with van der Waals surface area (Å²) in [5.74, 6) is 0.604. The van der Waals surface area contributed by atoms with E-state index in [0.29, 0.717) is 11.5 Å². The third-order valence-corrected chi connectivity index (χ3v) is 2.43. The van der Waals surface area contributed by atoms with Gasteiger partial charge in [0, 0.05) is 26.4 Å². The van der Waals surface area contributed by atoms with Crippen LogP contribution in [0.2, 0.25) is 0 Å². The topological polar surface area (TPSA) is 47.7 Å². The van der Waals surface area contributed by atoms with E-state index in [9.17, 15) is 13.2 Å². The fourth-order valence-electron chi connectivity index (χ4n) is 1.50. The summed E-state index contributed by atoms with van der Waals surface area (Å²) < 4.78 is 40.1. The van der Waals surface area contributed by atoms with Crippen LogP contribution < -0.4 is 5.32 Å². The first kappa shape index (κ1) is 15.4.